The molecule has 0 unspecified atom stereocenters. The Bertz CT molecular complexity index is 1950. The van der Waals surface area contributed by atoms with Crippen LogP contribution in [0.2, 0.25) is 0 Å². The van der Waals surface area contributed by atoms with E-state index in [4.69, 9.17) is 4.74 Å². The van der Waals surface area contributed by atoms with Crippen LogP contribution < -0.4 is 10.1 Å². The van der Waals surface area contributed by atoms with Crippen molar-refractivity contribution in [3.8, 4) is 17.1 Å². The Morgan fingerprint density at radius 3 is 2.41 bits per heavy atom. The van der Waals surface area contributed by atoms with Gasteiger partial charge in [0.05, 0.1) is 5.71 Å². The minimum absolute atomic E-state index is 0.0382. The summed E-state index contributed by atoms with van der Waals surface area (Å²) in [4.78, 5) is 38.9. The maximum atomic E-state index is 15.0. The molecule has 0 saturated carbocycles. The van der Waals surface area contributed by atoms with Gasteiger partial charge >= 0.3 is 0 Å². The highest BCUT2D eigenvalue weighted by Crippen LogP contribution is 2.29. The number of aliphatic imine (C=N–C) groups is 1. The number of likely N-dealkylation sites (N-methyl/N-ethyl adjacent to an activating group) is 1. The third-order valence-electron chi connectivity index (χ3n) is 7.72. The summed E-state index contributed by atoms with van der Waals surface area (Å²) in [6.45, 7) is 1.46. The van der Waals surface area contributed by atoms with Gasteiger partial charge in [-0.25, -0.2) is 18.3 Å². The lowest BCUT2D eigenvalue weighted by Crippen LogP contribution is -2.51. The first-order valence-corrected chi connectivity index (χ1v) is 14.1. The number of fused-ring (bicyclic) bond motifs is 2. The zero-order valence-corrected chi connectivity index (χ0v) is 23.6. The van der Waals surface area contributed by atoms with E-state index in [1.54, 1.807) is 42.5 Å². The zero-order valence-electron chi connectivity index (χ0n) is 23.6. The van der Waals surface area contributed by atoms with Gasteiger partial charge in [0, 0.05) is 47.8 Å². The molecule has 0 radical (unpaired) electrons. The van der Waals surface area contributed by atoms with Crippen LogP contribution in [0.1, 0.15) is 27.2 Å². The molecule has 220 valence electrons. The molecule has 44 heavy (non-hydrogen) atoms. The van der Waals surface area contributed by atoms with E-state index in [9.17, 15) is 14.0 Å². The van der Waals surface area contributed by atoms with Gasteiger partial charge in [0.25, 0.3) is 5.91 Å². The predicted molar refractivity (Wildman–Crippen MR) is 159 cm³/mol. The number of benzene rings is 3. The standard InChI is InChI=1S/C33H26F2N6O3/c1-40-17-20(18-40)44-28-15-14-27-36-30(22-10-5-6-12-24(22)34)31(41(27)39-28)33(43)38-32-26(42)16-23-21(11-7-13-25(23)35)29(37-32)19-8-3-2-4-9-19/h2-15,20,32H,16-18H2,1H3,(H,38,43)/t32-/m1/s1. The smallest absolute Gasteiger partial charge is 0.274 e. The molecule has 5 aromatic rings. The van der Waals surface area contributed by atoms with Crippen molar-refractivity contribution in [1.82, 2.24) is 24.8 Å². The van der Waals surface area contributed by atoms with E-state index >= 15 is 4.39 Å². The number of hydrogen-bond donors (Lipinski definition) is 1. The predicted octanol–water partition coefficient (Wildman–Crippen LogP) is 4.09. The summed E-state index contributed by atoms with van der Waals surface area (Å²) in [5.41, 5.74) is 1.98. The van der Waals surface area contributed by atoms with Gasteiger partial charge in [-0.1, -0.05) is 54.6 Å². The summed E-state index contributed by atoms with van der Waals surface area (Å²) in [5.74, 6) is -2.13. The van der Waals surface area contributed by atoms with E-state index < -0.39 is 29.5 Å². The number of ketones is 1. The fraction of sp³-hybridized carbons (Fsp3) is 0.182. The van der Waals surface area contributed by atoms with Gasteiger partial charge in [-0.15, -0.1) is 5.10 Å². The van der Waals surface area contributed by atoms with Gasteiger partial charge < -0.3 is 10.1 Å². The fourth-order valence-corrected chi connectivity index (χ4v) is 5.54. The molecule has 1 amide bonds. The number of hydrogen-bond acceptors (Lipinski definition) is 7. The van der Waals surface area contributed by atoms with Crippen molar-refractivity contribution in [1.29, 1.82) is 0 Å². The van der Waals surface area contributed by atoms with Crippen LogP contribution in [-0.4, -0.2) is 69.3 Å². The first-order valence-electron chi connectivity index (χ1n) is 14.1. The number of aromatic nitrogens is 3. The second-order valence-electron chi connectivity index (χ2n) is 10.8. The molecular formula is C33H26F2N6O3. The fourth-order valence-electron chi connectivity index (χ4n) is 5.54. The number of Topliss-reactive ketones (excluding diaryl/α,β-unsaturated/α-hetero) is 1. The normalized spacial score (nSPS) is 17.0. The number of amides is 1. The highest BCUT2D eigenvalue weighted by molar-refractivity contribution is 6.16. The summed E-state index contributed by atoms with van der Waals surface area (Å²) < 4.78 is 37.3. The number of halogens is 2. The van der Waals surface area contributed by atoms with Crippen molar-refractivity contribution >= 4 is 23.0 Å². The van der Waals surface area contributed by atoms with Gasteiger partial charge in [0.2, 0.25) is 5.88 Å². The van der Waals surface area contributed by atoms with Crippen LogP contribution in [0.15, 0.2) is 89.9 Å². The molecule has 2 aliphatic rings. The Morgan fingerprint density at radius 1 is 0.909 bits per heavy atom. The van der Waals surface area contributed by atoms with Crippen molar-refractivity contribution in [2.45, 2.75) is 18.7 Å². The molecule has 0 spiro atoms. The maximum Gasteiger partial charge on any atom is 0.274 e. The van der Waals surface area contributed by atoms with Gasteiger partial charge in [0.1, 0.15) is 23.4 Å². The lowest BCUT2D eigenvalue weighted by atomic mass is 9.95. The van der Waals surface area contributed by atoms with E-state index in [2.05, 4.69) is 25.3 Å². The van der Waals surface area contributed by atoms with Gasteiger partial charge in [-0.2, -0.15) is 0 Å². The number of likely N-dealkylation sites (tertiary alicyclic amines) is 1. The Hall–Kier alpha value is -5.29. The molecule has 1 saturated heterocycles. The van der Waals surface area contributed by atoms with E-state index in [0.717, 1.165) is 13.1 Å². The molecule has 11 heteroatoms. The quantitative estimate of drug-likeness (QED) is 0.319. The molecule has 4 heterocycles. The number of carbonyl (C=O) groups excluding carboxylic acids is 2. The van der Waals surface area contributed by atoms with Crippen LogP contribution in [0.4, 0.5) is 8.78 Å². The Kier molecular flexibility index (Phi) is 6.94. The third kappa shape index (κ3) is 5.01. The minimum Gasteiger partial charge on any atom is -0.471 e. The lowest BCUT2D eigenvalue weighted by molar-refractivity contribution is -0.120. The van der Waals surface area contributed by atoms with E-state index in [1.807, 2.05) is 25.2 Å². The zero-order chi connectivity index (χ0) is 30.4. The molecule has 3 aromatic carbocycles. The molecule has 9 nitrogen and oxygen atoms in total. The Labute approximate surface area is 250 Å². The summed E-state index contributed by atoms with van der Waals surface area (Å²) in [6, 6.07) is 22.8. The van der Waals surface area contributed by atoms with Gasteiger partial charge in [0.15, 0.2) is 23.3 Å². The van der Waals surface area contributed by atoms with E-state index in [-0.39, 0.29) is 46.6 Å². The van der Waals surface area contributed by atoms with E-state index in [0.29, 0.717) is 16.8 Å². The highest BCUT2D eigenvalue weighted by atomic mass is 19.1. The van der Waals surface area contributed by atoms with Crippen molar-refractivity contribution in [2.24, 2.45) is 4.99 Å². The monoisotopic (exact) mass is 592 g/mol. The summed E-state index contributed by atoms with van der Waals surface area (Å²) in [5, 5.41) is 7.22. The van der Waals surface area contributed by atoms with Crippen molar-refractivity contribution in [3.05, 3.63) is 119 Å². The molecule has 0 aliphatic carbocycles. The number of carbonyl (C=O) groups is 2. The van der Waals surface area contributed by atoms with Gasteiger partial charge in [-0.3, -0.25) is 19.5 Å². The highest BCUT2D eigenvalue weighted by Gasteiger charge is 2.32. The lowest BCUT2D eigenvalue weighted by Gasteiger charge is -2.35. The summed E-state index contributed by atoms with van der Waals surface area (Å²) >= 11 is 0. The van der Waals surface area contributed by atoms with Crippen molar-refractivity contribution < 1.29 is 23.1 Å². The second kappa shape index (κ2) is 11.1. The molecule has 2 aromatic heterocycles. The van der Waals surface area contributed by atoms with Crippen LogP contribution in [0, 0.1) is 11.6 Å². The summed E-state index contributed by atoms with van der Waals surface area (Å²) in [6.07, 6.45) is -1.71. The Morgan fingerprint density at radius 2 is 1.64 bits per heavy atom. The molecule has 1 N–H and O–H groups in total. The number of rotatable bonds is 6. The average molecular weight is 593 g/mol. The van der Waals surface area contributed by atoms with Crippen molar-refractivity contribution in [2.75, 3.05) is 20.1 Å². The first-order chi connectivity index (χ1) is 21.4. The molecular weight excluding hydrogens is 566 g/mol. The second-order valence-corrected chi connectivity index (χ2v) is 10.8. The number of nitrogens with zero attached hydrogens (tertiary/aromatic N) is 5. The maximum absolute atomic E-state index is 15.0. The number of ether oxygens (including phenoxy) is 1. The van der Waals surface area contributed by atoms with Crippen LogP contribution in [-0.2, 0) is 11.2 Å². The minimum atomic E-state index is -1.37. The number of imidazole rings is 1. The topological polar surface area (TPSA) is 101 Å². The molecule has 2 aliphatic heterocycles. The third-order valence-corrected chi connectivity index (χ3v) is 7.72. The molecule has 7 rings (SSSR count). The largest absolute Gasteiger partial charge is 0.471 e. The first kappa shape index (κ1) is 27.5. The molecule has 1 fully saturated rings. The molecule has 1 atom stereocenters. The van der Waals surface area contributed by atoms with Crippen LogP contribution in [0.25, 0.3) is 16.9 Å². The van der Waals surface area contributed by atoms with Crippen molar-refractivity contribution in [3.63, 3.8) is 0 Å². The molecule has 0 bridgehead atoms. The summed E-state index contributed by atoms with van der Waals surface area (Å²) in [7, 11) is 1.98. The van der Waals surface area contributed by atoms with E-state index in [1.165, 1.54) is 28.8 Å². The number of nitrogens with one attached hydrogen (secondary N) is 1. The SMILES string of the molecule is CN1CC(Oc2ccc3nc(-c4ccccc4F)c(C(=O)N[C@H]4N=C(c5ccccc5)c5cccc(F)c5CC4=O)n3n2)C1. The average Bonchev–Trinajstić information content (AvgIpc) is 3.32. The van der Waals surface area contributed by atoms with Gasteiger partial charge in [-0.05, 0) is 31.3 Å². The Balaban J connectivity index is 1.32. The van der Waals surface area contributed by atoms with Crippen LogP contribution in [0.3, 0.4) is 0 Å². The van der Waals surface area contributed by atoms with Crippen LogP contribution >= 0.6 is 0 Å². The van der Waals surface area contributed by atoms with Crippen LogP contribution in [0.5, 0.6) is 5.88 Å².